The highest BCUT2D eigenvalue weighted by Gasteiger charge is 2.22. The summed E-state index contributed by atoms with van der Waals surface area (Å²) in [6.45, 7) is 4.00. The summed E-state index contributed by atoms with van der Waals surface area (Å²) in [7, 11) is 0. The van der Waals surface area contributed by atoms with Crippen LogP contribution in [0.3, 0.4) is 0 Å². The summed E-state index contributed by atoms with van der Waals surface area (Å²) < 4.78 is 5.24. The molecule has 0 bridgehead atoms. The number of carbonyl (C=O) groups excluding carboxylic acids is 1. The normalized spacial score (nSPS) is 13.8. The minimum Gasteiger partial charge on any atom is -0.449 e. The Morgan fingerprint density at radius 2 is 2.29 bits per heavy atom. The number of rotatable bonds is 3. The van der Waals surface area contributed by atoms with E-state index in [-0.39, 0.29) is 6.09 Å². The zero-order chi connectivity index (χ0) is 12.1. The molecule has 0 atom stereocenters. The van der Waals surface area contributed by atoms with Gasteiger partial charge in [-0.2, -0.15) is 0 Å². The van der Waals surface area contributed by atoms with Gasteiger partial charge >= 0.3 is 6.09 Å². The summed E-state index contributed by atoms with van der Waals surface area (Å²) in [6.07, 6.45) is 1.71. The van der Waals surface area contributed by atoms with Crippen LogP contribution in [0.2, 0.25) is 0 Å². The average molecular weight is 234 g/mol. The third-order valence-corrected chi connectivity index (χ3v) is 2.79. The number of fused-ring (bicyclic) bond motifs is 1. The van der Waals surface area contributed by atoms with Crippen molar-refractivity contribution in [2.75, 3.05) is 29.9 Å². The standard InChI is InChI=1S/C13H18N2O2/c1-2-3-10-17-13(16)15-9-8-14-11-6-4-5-7-12(11)15/h4-7,14H,2-3,8-10H2,1H3. The Bertz CT molecular complexity index is 393. The van der Waals surface area contributed by atoms with Gasteiger partial charge in [0.1, 0.15) is 0 Å². The van der Waals surface area contributed by atoms with E-state index in [2.05, 4.69) is 12.2 Å². The molecule has 1 N–H and O–H groups in total. The van der Waals surface area contributed by atoms with E-state index in [1.165, 1.54) is 0 Å². The summed E-state index contributed by atoms with van der Waals surface area (Å²) in [4.78, 5) is 13.6. The van der Waals surface area contributed by atoms with Gasteiger partial charge < -0.3 is 10.1 Å². The van der Waals surface area contributed by atoms with Crippen molar-refractivity contribution in [1.29, 1.82) is 0 Å². The Morgan fingerprint density at radius 3 is 3.12 bits per heavy atom. The van der Waals surface area contributed by atoms with E-state index < -0.39 is 0 Å². The third-order valence-electron chi connectivity index (χ3n) is 2.79. The quantitative estimate of drug-likeness (QED) is 0.818. The van der Waals surface area contributed by atoms with Gasteiger partial charge in [0.15, 0.2) is 0 Å². The van der Waals surface area contributed by atoms with Crippen LogP contribution >= 0.6 is 0 Å². The second-order valence-corrected chi connectivity index (χ2v) is 4.06. The molecule has 92 valence electrons. The smallest absolute Gasteiger partial charge is 0.414 e. The first-order chi connectivity index (χ1) is 8.33. The van der Waals surface area contributed by atoms with Crippen molar-refractivity contribution in [3.63, 3.8) is 0 Å². The highest BCUT2D eigenvalue weighted by molar-refractivity contribution is 5.93. The number of amides is 1. The Morgan fingerprint density at radius 1 is 1.47 bits per heavy atom. The van der Waals surface area contributed by atoms with Crippen molar-refractivity contribution in [3.05, 3.63) is 24.3 Å². The minimum atomic E-state index is -0.243. The van der Waals surface area contributed by atoms with Crippen LogP contribution in [0.4, 0.5) is 16.2 Å². The molecule has 1 amide bonds. The largest absolute Gasteiger partial charge is 0.449 e. The van der Waals surface area contributed by atoms with Gasteiger partial charge in [-0.3, -0.25) is 4.90 Å². The van der Waals surface area contributed by atoms with Crippen LogP contribution in [-0.4, -0.2) is 25.8 Å². The number of nitrogens with zero attached hydrogens (tertiary/aromatic N) is 1. The maximum absolute atomic E-state index is 11.9. The van der Waals surface area contributed by atoms with E-state index in [0.29, 0.717) is 13.2 Å². The molecular formula is C13H18N2O2. The molecule has 4 nitrogen and oxygen atoms in total. The average Bonchev–Trinajstić information content (AvgIpc) is 2.38. The molecule has 0 spiro atoms. The minimum absolute atomic E-state index is 0.243. The topological polar surface area (TPSA) is 41.6 Å². The lowest BCUT2D eigenvalue weighted by molar-refractivity contribution is 0.152. The number of hydrogen-bond acceptors (Lipinski definition) is 3. The van der Waals surface area contributed by atoms with Gasteiger partial charge in [-0.05, 0) is 18.6 Å². The van der Waals surface area contributed by atoms with Crippen molar-refractivity contribution in [1.82, 2.24) is 0 Å². The van der Waals surface area contributed by atoms with E-state index in [9.17, 15) is 4.79 Å². The first-order valence-corrected chi connectivity index (χ1v) is 6.10. The van der Waals surface area contributed by atoms with E-state index in [4.69, 9.17) is 4.74 Å². The maximum Gasteiger partial charge on any atom is 0.414 e. The molecular weight excluding hydrogens is 216 g/mol. The molecule has 0 fully saturated rings. The van der Waals surface area contributed by atoms with Gasteiger partial charge in [0.25, 0.3) is 0 Å². The van der Waals surface area contributed by atoms with Crippen molar-refractivity contribution >= 4 is 17.5 Å². The number of anilines is 2. The SMILES string of the molecule is CCCCOC(=O)N1CCNc2ccccc21. The van der Waals surface area contributed by atoms with Crippen molar-refractivity contribution in [2.45, 2.75) is 19.8 Å². The fourth-order valence-electron chi connectivity index (χ4n) is 1.85. The summed E-state index contributed by atoms with van der Waals surface area (Å²) in [6, 6.07) is 7.79. The van der Waals surface area contributed by atoms with E-state index in [1.54, 1.807) is 4.90 Å². The number of carbonyl (C=O) groups is 1. The number of benzene rings is 1. The van der Waals surface area contributed by atoms with Gasteiger partial charge in [-0.25, -0.2) is 4.79 Å². The number of nitrogens with one attached hydrogen (secondary N) is 1. The predicted molar refractivity (Wildman–Crippen MR) is 68.5 cm³/mol. The number of hydrogen-bond donors (Lipinski definition) is 1. The Hall–Kier alpha value is -1.71. The van der Waals surface area contributed by atoms with Crippen LogP contribution in [0.25, 0.3) is 0 Å². The summed E-state index contributed by atoms with van der Waals surface area (Å²) in [5, 5.41) is 3.27. The molecule has 0 unspecified atom stereocenters. The van der Waals surface area contributed by atoms with Crippen molar-refractivity contribution in [2.24, 2.45) is 0 Å². The third kappa shape index (κ3) is 2.70. The number of para-hydroxylation sites is 2. The Balaban J connectivity index is 2.05. The highest BCUT2D eigenvalue weighted by Crippen LogP contribution is 2.28. The lowest BCUT2D eigenvalue weighted by Crippen LogP contribution is -2.39. The van der Waals surface area contributed by atoms with E-state index in [1.807, 2.05) is 24.3 Å². The summed E-state index contributed by atoms with van der Waals surface area (Å²) in [5.41, 5.74) is 1.89. The molecule has 0 saturated carbocycles. The molecule has 0 aliphatic carbocycles. The molecule has 1 aromatic rings. The summed E-state index contributed by atoms with van der Waals surface area (Å²) in [5.74, 6) is 0. The molecule has 2 rings (SSSR count). The van der Waals surface area contributed by atoms with Crippen LogP contribution in [0.1, 0.15) is 19.8 Å². The van der Waals surface area contributed by atoms with Crippen molar-refractivity contribution < 1.29 is 9.53 Å². The van der Waals surface area contributed by atoms with Crippen LogP contribution < -0.4 is 10.2 Å². The Labute approximate surface area is 102 Å². The van der Waals surface area contributed by atoms with Crippen LogP contribution in [0.15, 0.2) is 24.3 Å². The second-order valence-electron chi connectivity index (χ2n) is 4.06. The van der Waals surface area contributed by atoms with E-state index >= 15 is 0 Å². The van der Waals surface area contributed by atoms with Crippen LogP contribution in [0, 0.1) is 0 Å². The fourth-order valence-corrected chi connectivity index (χ4v) is 1.85. The Kier molecular flexibility index (Phi) is 3.85. The lowest BCUT2D eigenvalue weighted by atomic mass is 10.2. The van der Waals surface area contributed by atoms with Crippen molar-refractivity contribution in [3.8, 4) is 0 Å². The zero-order valence-corrected chi connectivity index (χ0v) is 10.1. The maximum atomic E-state index is 11.9. The predicted octanol–water partition coefficient (Wildman–Crippen LogP) is 2.86. The fraction of sp³-hybridized carbons (Fsp3) is 0.462. The van der Waals surface area contributed by atoms with Crippen LogP contribution in [0.5, 0.6) is 0 Å². The van der Waals surface area contributed by atoms with Crippen LogP contribution in [-0.2, 0) is 4.74 Å². The lowest BCUT2D eigenvalue weighted by Gasteiger charge is -2.29. The molecule has 0 radical (unpaired) electrons. The molecule has 17 heavy (non-hydrogen) atoms. The molecule has 1 aliphatic rings. The van der Waals surface area contributed by atoms with Gasteiger partial charge in [0.2, 0.25) is 0 Å². The highest BCUT2D eigenvalue weighted by atomic mass is 16.6. The molecule has 1 aliphatic heterocycles. The van der Waals surface area contributed by atoms with Gasteiger partial charge in [-0.15, -0.1) is 0 Å². The molecule has 0 aromatic heterocycles. The molecule has 1 aromatic carbocycles. The molecule has 4 heteroatoms. The first-order valence-electron chi connectivity index (χ1n) is 6.10. The number of ether oxygens (including phenoxy) is 1. The number of unbranched alkanes of at least 4 members (excludes halogenated alkanes) is 1. The van der Waals surface area contributed by atoms with E-state index in [0.717, 1.165) is 30.8 Å². The van der Waals surface area contributed by atoms with Gasteiger partial charge in [-0.1, -0.05) is 25.5 Å². The van der Waals surface area contributed by atoms with Gasteiger partial charge in [0.05, 0.1) is 18.0 Å². The summed E-state index contributed by atoms with van der Waals surface area (Å²) >= 11 is 0. The molecule has 1 heterocycles. The molecule has 0 saturated heterocycles. The second kappa shape index (κ2) is 5.57. The first kappa shape index (κ1) is 11.8. The zero-order valence-electron chi connectivity index (χ0n) is 10.1. The van der Waals surface area contributed by atoms with Gasteiger partial charge in [0, 0.05) is 13.1 Å². The monoisotopic (exact) mass is 234 g/mol.